The molecule has 1 heterocycles. The van der Waals surface area contributed by atoms with E-state index in [-0.39, 0.29) is 5.92 Å². The molecule has 0 spiro atoms. The van der Waals surface area contributed by atoms with E-state index in [1.165, 1.54) is 108 Å². The molecule has 1 atom stereocenters. The Kier molecular flexibility index (Phi) is 18.2. The van der Waals surface area contributed by atoms with Gasteiger partial charge in [0.1, 0.15) is 0 Å². The minimum atomic E-state index is -0.643. The van der Waals surface area contributed by atoms with Crippen molar-refractivity contribution in [3.8, 4) is 0 Å². The minimum Gasteiger partial charge on any atom is -0.481 e. The summed E-state index contributed by atoms with van der Waals surface area (Å²) in [5, 5.41) is 13.4. The van der Waals surface area contributed by atoms with E-state index in [1.54, 1.807) is 5.57 Å². The third-order valence-corrected chi connectivity index (χ3v) is 6.83. The van der Waals surface area contributed by atoms with Crippen molar-refractivity contribution in [1.82, 2.24) is 5.43 Å². The van der Waals surface area contributed by atoms with Crippen LogP contribution in [0.2, 0.25) is 0 Å². The van der Waals surface area contributed by atoms with Crippen molar-refractivity contribution in [3.63, 3.8) is 0 Å². The number of unbranched alkanes of at least 4 members (excludes halogenated alkanes) is 1. The molecule has 0 saturated heterocycles. The van der Waals surface area contributed by atoms with Crippen LogP contribution in [0.5, 0.6) is 0 Å². The number of hydrazone groups is 1. The zero-order valence-electron chi connectivity index (χ0n) is 21.3. The number of carboxylic acid groups (broad SMARTS) is 1. The summed E-state index contributed by atoms with van der Waals surface area (Å²) >= 11 is 0. The van der Waals surface area contributed by atoms with Crippen molar-refractivity contribution < 1.29 is 9.90 Å². The Labute approximate surface area is 198 Å². The number of allylic oxidation sites excluding steroid dienone is 2. The van der Waals surface area contributed by atoms with Crippen molar-refractivity contribution >= 4 is 11.7 Å². The van der Waals surface area contributed by atoms with E-state index < -0.39 is 5.97 Å². The van der Waals surface area contributed by atoms with Crippen LogP contribution in [0.4, 0.5) is 0 Å². The van der Waals surface area contributed by atoms with Gasteiger partial charge < -0.3 is 10.5 Å². The van der Waals surface area contributed by atoms with Crippen molar-refractivity contribution in [3.05, 3.63) is 11.6 Å². The van der Waals surface area contributed by atoms with Gasteiger partial charge in [-0.3, -0.25) is 4.79 Å². The summed E-state index contributed by atoms with van der Waals surface area (Å²) in [6, 6.07) is 0. The lowest BCUT2D eigenvalue weighted by molar-refractivity contribution is -0.142. The van der Waals surface area contributed by atoms with E-state index in [2.05, 4.69) is 18.4 Å². The third-order valence-electron chi connectivity index (χ3n) is 6.83. The van der Waals surface area contributed by atoms with Crippen molar-refractivity contribution in [2.75, 3.05) is 6.54 Å². The second-order valence-corrected chi connectivity index (χ2v) is 9.67. The highest BCUT2D eigenvalue weighted by atomic mass is 16.4. The van der Waals surface area contributed by atoms with Gasteiger partial charge >= 0.3 is 5.97 Å². The average Bonchev–Trinajstić information content (AvgIpc) is 2.90. The van der Waals surface area contributed by atoms with Crippen LogP contribution in [0.25, 0.3) is 0 Å². The topological polar surface area (TPSA) is 61.7 Å². The van der Waals surface area contributed by atoms with Gasteiger partial charge in [0.25, 0.3) is 0 Å². The molecule has 2 N–H and O–H groups in total. The highest BCUT2D eigenvalue weighted by molar-refractivity contribution is 5.99. The zero-order chi connectivity index (χ0) is 23.3. The monoisotopic (exact) mass is 448 g/mol. The molecular weight excluding hydrogens is 396 g/mol. The van der Waals surface area contributed by atoms with E-state index >= 15 is 0 Å². The molecule has 2 rings (SSSR count). The van der Waals surface area contributed by atoms with E-state index in [4.69, 9.17) is 10.2 Å². The Morgan fingerprint density at radius 1 is 0.906 bits per heavy atom. The maximum atomic E-state index is 10.4. The third kappa shape index (κ3) is 14.7. The first kappa shape index (κ1) is 28.7. The average molecular weight is 449 g/mol. The molecule has 1 aliphatic heterocycles. The Bertz CT molecular complexity index is 494. The standard InChI is InChI=1S/C20H36N2.C8H16O2/c1-2-4-8-12-16-19(15-11-7-3-1)20-17-13-9-5-6-10-14-18-21-22-20;1-3-5-6-7(4-2)8(9)10/h15,21H,1-14,16-18H2;7H,3-6H2,1-2H3,(H,9,10)/b19-15+,22-20-;. The van der Waals surface area contributed by atoms with Gasteiger partial charge in [-0.1, -0.05) is 90.6 Å². The molecule has 186 valence electrons. The molecule has 0 bridgehead atoms. The number of nitrogens with zero attached hydrogens (tertiary/aromatic N) is 1. The first-order valence-electron chi connectivity index (χ1n) is 13.9. The second kappa shape index (κ2) is 20.3. The summed E-state index contributed by atoms with van der Waals surface area (Å²) in [5.41, 5.74) is 6.29. The molecule has 4 heteroatoms. The SMILES string of the molecule is C1=C(/C2=N\NCCCCCCCC2)CCCCCCCCC/1.CCCCC(CC)C(=O)O. The summed E-state index contributed by atoms with van der Waals surface area (Å²) in [7, 11) is 0. The van der Waals surface area contributed by atoms with Crippen molar-refractivity contribution in [1.29, 1.82) is 0 Å². The van der Waals surface area contributed by atoms with Crippen LogP contribution in [0.3, 0.4) is 0 Å². The lowest BCUT2D eigenvalue weighted by Crippen LogP contribution is -2.14. The predicted molar refractivity (Wildman–Crippen MR) is 138 cm³/mol. The van der Waals surface area contributed by atoms with Gasteiger partial charge in [0.2, 0.25) is 0 Å². The summed E-state index contributed by atoms with van der Waals surface area (Å²) in [6.45, 7) is 5.06. The van der Waals surface area contributed by atoms with Crippen LogP contribution in [-0.4, -0.2) is 23.3 Å². The number of nitrogens with one attached hydrogen (secondary N) is 1. The van der Waals surface area contributed by atoms with E-state index in [1.807, 2.05) is 6.92 Å². The molecule has 4 nitrogen and oxygen atoms in total. The van der Waals surface area contributed by atoms with Crippen LogP contribution in [0.1, 0.15) is 142 Å². The fourth-order valence-corrected chi connectivity index (χ4v) is 4.58. The van der Waals surface area contributed by atoms with Crippen LogP contribution >= 0.6 is 0 Å². The largest absolute Gasteiger partial charge is 0.481 e. The second-order valence-electron chi connectivity index (χ2n) is 9.67. The molecule has 0 aromatic rings. The fraction of sp³-hybridized carbons (Fsp3) is 0.857. The first-order valence-corrected chi connectivity index (χ1v) is 13.9. The molecule has 1 aliphatic carbocycles. The van der Waals surface area contributed by atoms with Crippen LogP contribution < -0.4 is 5.43 Å². The number of carbonyl (C=O) groups is 1. The number of hydrogen-bond acceptors (Lipinski definition) is 3. The normalized spacial score (nSPS) is 23.8. The molecular formula is C28H52N2O2. The Morgan fingerprint density at radius 2 is 1.50 bits per heavy atom. The van der Waals surface area contributed by atoms with Gasteiger partial charge in [-0.2, -0.15) is 5.10 Å². The molecule has 0 aromatic carbocycles. The predicted octanol–water partition coefficient (Wildman–Crippen LogP) is 8.41. The number of rotatable bonds is 6. The van der Waals surface area contributed by atoms with Gasteiger partial charge in [-0.25, -0.2) is 0 Å². The Balaban J connectivity index is 0.000000433. The molecule has 0 saturated carbocycles. The quantitative estimate of drug-likeness (QED) is 0.428. The molecule has 0 amide bonds. The van der Waals surface area contributed by atoms with Crippen molar-refractivity contribution in [2.45, 2.75) is 142 Å². The smallest absolute Gasteiger partial charge is 0.306 e. The lowest BCUT2D eigenvalue weighted by atomic mass is 9.97. The molecule has 32 heavy (non-hydrogen) atoms. The molecule has 2 aliphatic rings. The van der Waals surface area contributed by atoms with Crippen LogP contribution in [0, 0.1) is 5.92 Å². The highest BCUT2D eigenvalue weighted by Gasteiger charge is 2.13. The Morgan fingerprint density at radius 3 is 2.12 bits per heavy atom. The number of hydrogen-bond donors (Lipinski definition) is 2. The zero-order valence-corrected chi connectivity index (χ0v) is 21.3. The molecule has 0 fully saturated rings. The lowest BCUT2D eigenvalue weighted by Gasteiger charge is -2.12. The molecule has 1 unspecified atom stereocenters. The van der Waals surface area contributed by atoms with Crippen LogP contribution in [-0.2, 0) is 4.79 Å². The fourth-order valence-electron chi connectivity index (χ4n) is 4.58. The number of carboxylic acids is 1. The summed E-state index contributed by atoms with van der Waals surface area (Å²) in [6.07, 6.45) is 27.9. The van der Waals surface area contributed by atoms with Gasteiger partial charge in [-0.15, -0.1) is 0 Å². The van der Waals surface area contributed by atoms with E-state index in [9.17, 15) is 4.79 Å². The van der Waals surface area contributed by atoms with Gasteiger partial charge in [-0.05, 0) is 63.4 Å². The first-order chi connectivity index (χ1) is 15.7. The molecule has 0 aromatic heterocycles. The number of aliphatic carboxylic acids is 1. The summed E-state index contributed by atoms with van der Waals surface area (Å²) in [4.78, 5) is 10.4. The Hall–Kier alpha value is -1.32. The minimum absolute atomic E-state index is 0.111. The highest BCUT2D eigenvalue weighted by Crippen LogP contribution is 2.20. The summed E-state index contributed by atoms with van der Waals surface area (Å²) < 4.78 is 0. The maximum absolute atomic E-state index is 10.4. The van der Waals surface area contributed by atoms with Gasteiger partial charge in [0.05, 0.1) is 11.6 Å². The van der Waals surface area contributed by atoms with Crippen molar-refractivity contribution in [2.24, 2.45) is 11.0 Å². The van der Waals surface area contributed by atoms with Crippen LogP contribution in [0.15, 0.2) is 16.8 Å². The summed E-state index contributed by atoms with van der Waals surface area (Å²) in [5.74, 6) is -0.754. The molecule has 0 radical (unpaired) electrons. The van der Waals surface area contributed by atoms with E-state index in [0.717, 1.165) is 32.2 Å². The van der Waals surface area contributed by atoms with E-state index in [0.29, 0.717) is 0 Å². The van der Waals surface area contributed by atoms with Gasteiger partial charge in [0, 0.05) is 6.54 Å². The maximum Gasteiger partial charge on any atom is 0.306 e. The van der Waals surface area contributed by atoms with Gasteiger partial charge in [0.15, 0.2) is 0 Å².